The van der Waals surface area contributed by atoms with Crippen LogP contribution < -0.4 is 4.74 Å². The highest BCUT2D eigenvalue weighted by Crippen LogP contribution is 2.35. The molecule has 2 aromatic carbocycles. The first-order valence-electron chi connectivity index (χ1n) is 7.07. The van der Waals surface area contributed by atoms with Gasteiger partial charge in [-0.05, 0) is 25.0 Å². The predicted octanol–water partition coefficient (Wildman–Crippen LogP) is 3.59. The van der Waals surface area contributed by atoms with Crippen molar-refractivity contribution in [3.05, 3.63) is 76.4 Å². The van der Waals surface area contributed by atoms with Crippen molar-refractivity contribution < 1.29 is 14.3 Å². The van der Waals surface area contributed by atoms with Gasteiger partial charge in [0.05, 0.1) is 12.7 Å². The van der Waals surface area contributed by atoms with Gasteiger partial charge in [0, 0.05) is 16.7 Å². The Bertz CT molecular complexity index is 815. The third kappa shape index (κ3) is 2.06. The molecule has 110 valence electrons. The van der Waals surface area contributed by atoms with Crippen LogP contribution in [0.1, 0.15) is 44.3 Å². The maximum Gasteiger partial charge on any atom is 0.198 e. The zero-order valence-corrected chi connectivity index (χ0v) is 12.6. The molecule has 0 N–H and O–H groups in total. The molecule has 3 nitrogen and oxygen atoms in total. The summed E-state index contributed by atoms with van der Waals surface area (Å²) in [7, 11) is 1.50. The minimum Gasteiger partial charge on any atom is -0.496 e. The number of hydrogen-bond acceptors (Lipinski definition) is 3. The summed E-state index contributed by atoms with van der Waals surface area (Å²) in [5, 5.41) is 0. The maximum atomic E-state index is 13.0. The summed E-state index contributed by atoms with van der Waals surface area (Å²) in [6.07, 6.45) is 0.576. The zero-order chi connectivity index (χ0) is 15.9. The molecule has 2 aromatic rings. The number of benzene rings is 2. The van der Waals surface area contributed by atoms with Crippen LogP contribution >= 0.6 is 0 Å². The summed E-state index contributed by atoms with van der Waals surface area (Å²) in [4.78, 5) is 25.7. The van der Waals surface area contributed by atoms with Gasteiger partial charge in [-0.2, -0.15) is 0 Å². The Morgan fingerprint density at radius 1 is 1.00 bits per heavy atom. The minimum atomic E-state index is -0.154. The van der Waals surface area contributed by atoms with E-state index in [2.05, 4.69) is 6.58 Å². The molecule has 0 aliphatic heterocycles. The predicted molar refractivity (Wildman–Crippen MR) is 84.8 cm³/mol. The Kier molecular flexibility index (Phi) is 3.41. The molecule has 0 heterocycles. The van der Waals surface area contributed by atoms with Gasteiger partial charge in [0.25, 0.3) is 0 Å². The van der Waals surface area contributed by atoms with Crippen LogP contribution in [0.4, 0.5) is 0 Å². The van der Waals surface area contributed by atoms with Crippen LogP contribution in [-0.4, -0.2) is 18.7 Å². The number of fused-ring (bicyclic) bond motifs is 2. The van der Waals surface area contributed by atoms with E-state index < -0.39 is 0 Å². The standard InChI is InChI=1S/C19H16O3/c1-11(2)10-12-6-4-7-13-16(12)19(21)17-14(18(13)20)8-5-9-15(17)22-3/h4-9H,1,10H2,2-3H3. The average Bonchev–Trinajstić information content (AvgIpc) is 2.51. The highest BCUT2D eigenvalue weighted by Gasteiger charge is 2.33. The van der Waals surface area contributed by atoms with Crippen molar-refractivity contribution in [2.45, 2.75) is 13.3 Å². The van der Waals surface area contributed by atoms with Crippen LogP contribution in [0, 0.1) is 0 Å². The van der Waals surface area contributed by atoms with Gasteiger partial charge >= 0.3 is 0 Å². The molecular formula is C19H16O3. The third-order valence-electron chi connectivity index (χ3n) is 3.83. The second kappa shape index (κ2) is 5.26. The fourth-order valence-corrected chi connectivity index (χ4v) is 2.92. The second-order valence-corrected chi connectivity index (χ2v) is 5.51. The largest absolute Gasteiger partial charge is 0.496 e. The van der Waals surface area contributed by atoms with Gasteiger partial charge in [0.1, 0.15) is 5.75 Å². The molecule has 0 amide bonds. The highest BCUT2D eigenvalue weighted by atomic mass is 16.5. The molecule has 3 heteroatoms. The lowest BCUT2D eigenvalue weighted by Gasteiger charge is -2.21. The molecule has 0 spiro atoms. The van der Waals surface area contributed by atoms with Crippen molar-refractivity contribution in [1.82, 2.24) is 0 Å². The quantitative estimate of drug-likeness (QED) is 0.693. The van der Waals surface area contributed by atoms with Gasteiger partial charge < -0.3 is 4.74 Å². The molecule has 0 saturated carbocycles. The number of carbonyl (C=O) groups excluding carboxylic acids is 2. The van der Waals surface area contributed by atoms with Crippen LogP contribution in [0.5, 0.6) is 5.75 Å². The van der Waals surface area contributed by atoms with E-state index in [1.165, 1.54) is 7.11 Å². The van der Waals surface area contributed by atoms with E-state index in [1.807, 2.05) is 19.1 Å². The van der Waals surface area contributed by atoms with E-state index in [0.29, 0.717) is 34.4 Å². The Balaban J connectivity index is 2.28. The summed E-state index contributed by atoms with van der Waals surface area (Å²) in [6.45, 7) is 5.81. The number of ether oxygens (including phenoxy) is 1. The van der Waals surface area contributed by atoms with Gasteiger partial charge in [-0.3, -0.25) is 9.59 Å². The molecule has 0 saturated heterocycles. The summed E-state index contributed by atoms with van der Waals surface area (Å²) in [5.74, 6) is 0.151. The number of methoxy groups -OCH3 is 1. The molecule has 0 aromatic heterocycles. The molecule has 22 heavy (non-hydrogen) atoms. The third-order valence-corrected chi connectivity index (χ3v) is 3.83. The molecular weight excluding hydrogens is 276 g/mol. The average molecular weight is 292 g/mol. The molecule has 1 aliphatic rings. The summed E-state index contributed by atoms with van der Waals surface area (Å²) in [6, 6.07) is 10.5. The highest BCUT2D eigenvalue weighted by molar-refractivity contribution is 6.29. The molecule has 1 aliphatic carbocycles. The molecule has 0 unspecified atom stereocenters. The second-order valence-electron chi connectivity index (χ2n) is 5.51. The SMILES string of the molecule is C=C(C)Cc1cccc2c1C(=O)c1c(OC)cccc1C2=O. The first-order chi connectivity index (χ1) is 10.5. The number of hydrogen-bond donors (Lipinski definition) is 0. The van der Waals surface area contributed by atoms with E-state index in [1.54, 1.807) is 24.3 Å². The van der Waals surface area contributed by atoms with Crippen LogP contribution in [0.3, 0.4) is 0 Å². The van der Waals surface area contributed by atoms with Crippen LogP contribution in [-0.2, 0) is 6.42 Å². The Labute approximate surface area is 129 Å². The molecule has 0 radical (unpaired) electrons. The monoisotopic (exact) mass is 292 g/mol. The van der Waals surface area contributed by atoms with Gasteiger partial charge in [0.2, 0.25) is 0 Å². The van der Waals surface area contributed by atoms with Crippen LogP contribution in [0.15, 0.2) is 48.6 Å². The van der Waals surface area contributed by atoms with Crippen LogP contribution in [0.2, 0.25) is 0 Å². The number of ketones is 2. The number of allylic oxidation sites excluding steroid dienone is 1. The van der Waals surface area contributed by atoms with E-state index in [-0.39, 0.29) is 11.6 Å². The van der Waals surface area contributed by atoms with E-state index in [9.17, 15) is 9.59 Å². The van der Waals surface area contributed by atoms with Crippen molar-refractivity contribution in [3.63, 3.8) is 0 Å². The number of rotatable bonds is 3. The van der Waals surface area contributed by atoms with Gasteiger partial charge in [-0.15, -0.1) is 0 Å². The van der Waals surface area contributed by atoms with Crippen molar-refractivity contribution in [3.8, 4) is 5.75 Å². The van der Waals surface area contributed by atoms with E-state index in [4.69, 9.17) is 4.74 Å². The zero-order valence-electron chi connectivity index (χ0n) is 12.6. The van der Waals surface area contributed by atoms with Crippen molar-refractivity contribution >= 4 is 11.6 Å². The Hall–Kier alpha value is -2.68. The summed E-state index contributed by atoms with van der Waals surface area (Å²) >= 11 is 0. The number of carbonyl (C=O) groups is 2. The lowest BCUT2D eigenvalue weighted by molar-refractivity contribution is 0.0976. The lowest BCUT2D eigenvalue weighted by Crippen LogP contribution is -2.23. The van der Waals surface area contributed by atoms with Crippen molar-refractivity contribution in [1.29, 1.82) is 0 Å². The van der Waals surface area contributed by atoms with Crippen LogP contribution in [0.25, 0.3) is 0 Å². The normalized spacial score (nSPS) is 12.6. The lowest BCUT2D eigenvalue weighted by atomic mass is 9.80. The van der Waals surface area contributed by atoms with Crippen molar-refractivity contribution in [2.75, 3.05) is 7.11 Å². The molecule has 3 rings (SSSR count). The minimum absolute atomic E-state index is 0.132. The molecule has 0 atom stereocenters. The Morgan fingerprint density at radius 2 is 1.64 bits per heavy atom. The summed E-state index contributed by atoms with van der Waals surface area (Å²) < 4.78 is 5.28. The van der Waals surface area contributed by atoms with E-state index >= 15 is 0 Å². The van der Waals surface area contributed by atoms with E-state index in [0.717, 1.165) is 11.1 Å². The smallest absolute Gasteiger partial charge is 0.198 e. The molecule has 0 fully saturated rings. The van der Waals surface area contributed by atoms with Gasteiger partial charge in [0.15, 0.2) is 11.6 Å². The summed E-state index contributed by atoms with van der Waals surface area (Å²) in [5.41, 5.74) is 3.48. The maximum absolute atomic E-state index is 13.0. The fourth-order valence-electron chi connectivity index (χ4n) is 2.92. The topological polar surface area (TPSA) is 43.4 Å². The van der Waals surface area contributed by atoms with Gasteiger partial charge in [-0.25, -0.2) is 0 Å². The van der Waals surface area contributed by atoms with Gasteiger partial charge in [-0.1, -0.05) is 42.5 Å². The molecule has 0 bridgehead atoms. The first kappa shape index (κ1) is 14.3. The first-order valence-corrected chi connectivity index (χ1v) is 7.07. The van der Waals surface area contributed by atoms with Crippen molar-refractivity contribution in [2.24, 2.45) is 0 Å². The Morgan fingerprint density at radius 3 is 2.27 bits per heavy atom. The fraction of sp³-hybridized carbons (Fsp3) is 0.158.